The van der Waals surface area contributed by atoms with Gasteiger partial charge in [0, 0.05) is 13.5 Å². The molecule has 0 spiro atoms. The summed E-state index contributed by atoms with van der Waals surface area (Å²) in [6.07, 6.45) is -7.66. The highest BCUT2D eigenvalue weighted by Gasteiger charge is 2.44. The first kappa shape index (κ1) is 14.2. The Morgan fingerprint density at radius 1 is 1.53 bits per heavy atom. The molecule has 1 heterocycles. The van der Waals surface area contributed by atoms with E-state index in [1.54, 1.807) is 12.2 Å². The lowest BCUT2D eigenvalue weighted by molar-refractivity contribution is -0.212. The largest absolute Gasteiger partial charge is 0.471 e. The minimum Gasteiger partial charge on any atom is -0.377 e. The third-order valence-corrected chi connectivity index (χ3v) is 2.53. The molecule has 1 amide bonds. The van der Waals surface area contributed by atoms with Gasteiger partial charge in [0.2, 0.25) is 0 Å². The quantitative estimate of drug-likeness (QED) is 0.740. The van der Waals surface area contributed by atoms with Crippen molar-refractivity contribution < 1.29 is 32.5 Å². The Bertz CT molecular complexity index is 284. The molecule has 0 saturated carbocycles. The predicted molar refractivity (Wildman–Crippen MR) is 50.0 cm³/mol. The normalized spacial score (nSPS) is 34.5. The number of carbonyl (C=O) groups excluding carboxylic acids is 1. The summed E-state index contributed by atoms with van der Waals surface area (Å²) < 4.78 is 46.2. The number of methoxy groups -OCH3 is 1. The summed E-state index contributed by atoms with van der Waals surface area (Å²) in [4.78, 5) is 10.8. The number of aliphatic hydroxyl groups excluding tert-OH is 1. The van der Waals surface area contributed by atoms with Crippen LogP contribution in [0.3, 0.4) is 0 Å². The second-order valence-corrected chi connectivity index (χ2v) is 3.81. The van der Waals surface area contributed by atoms with Gasteiger partial charge in [-0.15, -0.1) is 0 Å². The number of rotatable bonds is 2. The van der Waals surface area contributed by atoms with E-state index >= 15 is 0 Å². The van der Waals surface area contributed by atoms with Crippen molar-refractivity contribution >= 4 is 5.91 Å². The first-order valence-electron chi connectivity index (χ1n) is 4.99. The molecule has 1 aliphatic heterocycles. The second kappa shape index (κ2) is 5.19. The van der Waals surface area contributed by atoms with Gasteiger partial charge in [-0.3, -0.25) is 4.79 Å². The van der Waals surface area contributed by atoms with E-state index in [4.69, 9.17) is 9.47 Å². The van der Waals surface area contributed by atoms with Crippen LogP contribution in [-0.4, -0.2) is 48.8 Å². The van der Waals surface area contributed by atoms with Crippen molar-refractivity contribution in [1.82, 2.24) is 5.32 Å². The molecule has 17 heavy (non-hydrogen) atoms. The predicted octanol–water partition coefficient (Wildman–Crippen LogP) is 0.176. The van der Waals surface area contributed by atoms with Crippen LogP contribution < -0.4 is 5.32 Å². The smallest absolute Gasteiger partial charge is 0.377 e. The number of alkyl halides is 3. The zero-order valence-corrected chi connectivity index (χ0v) is 9.32. The Morgan fingerprint density at radius 3 is 2.59 bits per heavy atom. The molecule has 0 unspecified atom stereocenters. The number of aliphatic hydroxyl groups is 1. The van der Waals surface area contributed by atoms with E-state index in [1.807, 2.05) is 0 Å². The van der Waals surface area contributed by atoms with Crippen molar-refractivity contribution in [2.45, 2.75) is 44.1 Å². The van der Waals surface area contributed by atoms with Gasteiger partial charge in [0.1, 0.15) is 6.10 Å². The summed E-state index contributed by atoms with van der Waals surface area (Å²) in [5, 5.41) is 11.1. The first-order valence-corrected chi connectivity index (χ1v) is 4.99. The molecule has 0 aliphatic carbocycles. The maximum absolute atomic E-state index is 12.1. The van der Waals surface area contributed by atoms with E-state index in [9.17, 15) is 23.1 Å². The van der Waals surface area contributed by atoms with Crippen molar-refractivity contribution in [1.29, 1.82) is 0 Å². The lowest BCUT2D eigenvalue weighted by Crippen LogP contribution is -2.57. The van der Waals surface area contributed by atoms with Crippen LogP contribution in [0, 0.1) is 0 Å². The van der Waals surface area contributed by atoms with Crippen molar-refractivity contribution in [3.8, 4) is 0 Å². The molecule has 0 radical (unpaired) electrons. The summed E-state index contributed by atoms with van der Waals surface area (Å²) >= 11 is 0. The Kier molecular flexibility index (Phi) is 4.34. The maximum atomic E-state index is 12.1. The van der Waals surface area contributed by atoms with Crippen molar-refractivity contribution in [2.75, 3.05) is 7.11 Å². The fourth-order valence-corrected chi connectivity index (χ4v) is 1.81. The average molecular weight is 257 g/mol. The van der Waals surface area contributed by atoms with Crippen LogP contribution >= 0.6 is 0 Å². The van der Waals surface area contributed by atoms with Gasteiger partial charge in [0.05, 0.1) is 12.1 Å². The van der Waals surface area contributed by atoms with E-state index in [0.717, 1.165) is 0 Å². The minimum atomic E-state index is -4.95. The van der Waals surface area contributed by atoms with Crippen molar-refractivity contribution in [2.24, 2.45) is 0 Å². The number of amides is 1. The summed E-state index contributed by atoms with van der Waals surface area (Å²) in [5.41, 5.74) is 0. The molecule has 8 heteroatoms. The molecule has 1 rings (SSSR count). The van der Waals surface area contributed by atoms with Crippen molar-refractivity contribution in [3.05, 3.63) is 0 Å². The number of nitrogens with one attached hydrogen (secondary N) is 1. The van der Waals surface area contributed by atoms with Crippen LogP contribution in [0.25, 0.3) is 0 Å². The van der Waals surface area contributed by atoms with Gasteiger partial charge in [-0.2, -0.15) is 13.2 Å². The van der Waals surface area contributed by atoms with Gasteiger partial charge >= 0.3 is 12.1 Å². The zero-order chi connectivity index (χ0) is 13.2. The summed E-state index contributed by atoms with van der Waals surface area (Å²) in [5.74, 6) is -2.05. The number of hydrogen-bond donors (Lipinski definition) is 2. The zero-order valence-electron chi connectivity index (χ0n) is 9.32. The van der Waals surface area contributed by atoms with Crippen LogP contribution in [-0.2, 0) is 14.3 Å². The van der Waals surface area contributed by atoms with Crippen LogP contribution in [0.1, 0.15) is 13.3 Å². The van der Waals surface area contributed by atoms with E-state index in [-0.39, 0.29) is 6.42 Å². The summed E-state index contributed by atoms with van der Waals surface area (Å²) in [6, 6.07) is -0.937. The molecule has 0 bridgehead atoms. The molecule has 100 valence electrons. The highest BCUT2D eigenvalue weighted by molar-refractivity contribution is 5.82. The van der Waals surface area contributed by atoms with Gasteiger partial charge in [0.25, 0.3) is 0 Å². The van der Waals surface area contributed by atoms with Crippen LogP contribution in [0.5, 0.6) is 0 Å². The fraction of sp³-hybridized carbons (Fsp3) is 0.889. The molecule has 0 aromatic rings. The Hall–Kier alpha value is -0.860. The molecule has 1 saturated heterocycles. The molecular formula is C9H14F3NO4. The third-order valence-electron chi connectivity index (χ3n) is 2.53. The minimum absolute atomic E-state index is 0.148. The van der Waals surface area contributed by atoms with Gasteiger partial charge in [-0.1, -0.05) is 0 Å². The average Bonchev–Trinajstić information content (AvgIpc) is 2.15. The third kappa shape index (κ3) is 3.55. The molecule has 0 aromatic carbocycles. The van der Waals surface area contributed by atoms with Crippen LogP contribution in [0.4, 0.5) is 13.2 Å². The maximum Gasteiger partial charge on any atom is 0.471 e. The lowest BCUT2D eigenvalue weighted by Gasteiger charge is -2.38. The number of hydrogen-bond acceptors (Lipinski definition) is 4. The molecule has 1 fully saturated rings. The monoisotopic (exact) mass is 257 g/mol. The Morgan fingerprint density at radius 2 is 2.12 bits per heavy atom. The summed E-state index contributed by atoms with van der Waals surface area (Å²) in [7, 11) is 1.30. The SMILES string of the molecule is CO[C@H]1[C@H](C)O[C@@H](O)C[C@H]1NC(=O)C(F)(F)F. The second-order valence-electron chi connectivity index (χ2n) is 3.81. The van der Waals surface area contributed by atoms with Crippen molar-refractivity contribution in [3.63, 3.8) is 0 Å². The van der Waals surface area contributed by atoms with Gasteiger partial charge in [-0.25, -0.2) is 0 Å². The number of carbonyl (C=O) groups is 1. The van der Waals surface area contributed by atoms with E-state index in [2.05, 4.69) is 0 Å². The van der Waals surface area contributed by atoms with Crippen LogP contribution in [0.15, 0.2) is 0 Å². The Labute approximate surface area is 95.9 Å². The van der Waals surface area contributed by atoms with Gasteiger partial charge in [0.15, 0.2) is 6.29 Å². The topological polar surface area (TPSA) is 67.8 Å². The van der Waals surface area contributed by atoms with Crippen LogP contribution in [0.2, 0.25) is 0 Å². The summed E-state index contributed by atoms with van der Waals surface area (Å²) in [6.45, 7) is 1.54. The van der Waals surface area contributed by atoms with E-state index < -0.39 is 36.6 Å². The molecule has 2 N–H and O–H groups in total. The molecule has 0 aromatic heterocycles. The lowest BCUT2D eigenvalue weighted by atomic mass is 9.99. The van der Waals surface area contributed by atoms with Gasteiger partial charge in [-0.05, 0) is 6.92 Å². The molecular weight excluding hydrogens is 243 g/mol. The number of ether oxygens (including phenoxy) is 2. The molecule has 1 aliphatic rings. The highest BCUT2D eigenvalue weighted by Crippen LogP contribution is 2.23. The molecule has 5 nitrogen and oxygen atoms in total. The fourth-order valence-electron chi connectivity index (χ4n) is 1.81. The standard InChI is InChI=1S/C9H14F3NO4/c1-4-7(16-2)5(3-6(14)17-4)13-8(15)9(10,11)12/h4-7,14H,3H2,1-2H3,(H,13,15)/t4-,5+,6+,7-/m0/s1. The van der Waals surface area contributed by atoms with E-state index in [1.165, 1.54) is 7.11 Å². The molecule has 4 atom stereocenters. The van der Waals surface area contributed by atoms with Gasteiger partial charge < -0.3 is 19.9 Å². The van der Waals surface area contributed by atoms with E-state index in [0.29, 0.717) is 0 Å². The number of halogens is 3. The highest BCUT2D eigenvalue weighted by atomic mass is 19.4. The first-order chi connectivity index (χ1) is 7.75. The Balaban J connectivity index is 2.69.